The Bertz CT molecular complexity index is 1070. The number of hydrogen-bond acceptors (Lipinski definition) is 8. The monoisotopic (exact) mass is 438 g/mol. The number of anilines is 2. The van der Waals surface area contributed by atoms with E-state index in [1.165, 1.54) is 4.88 Å². The molecule has 2 aliphatic heterocycles. The Morgan fingerprint density at radius 2 is 2.06 bits per heavy atom. The molecular weight excluding hydrogens is 412 g/mol. The van der Waals surface area contributed by atoms with Gasteiger partial charge in [0.05, 0.1) is 18.8 Å². The van der Waals surface area contributed by atoms with Crippen molar-refractivity contribution in [3.8, 4) is 17.2 Å². The van der Waals surface area contributed by atoms with Gasteiger partial charge in [-0.05, 0) is 44.5 Å². The van der Waals surface area contributed by atoms with Crippen LogP contribution >= 0.6 is 11.3 Å². The molecule has 7 nitrogen and oxygen atoms in total. The van der Waals surface area contributed by atoms with Crippen LogP contribution in [0.4, 0.5) is 10.9 Å². The summed E-state index contributed by atoms with van der Waals surface area (Å²) in [4.78, 5) is 12.9. The summed E-state index contributed by atoms with van der Waals surface area (Å²) in [5.74, 6) is 3.21. The molecule has 0 aliphatic carbocycles. The molecule has 0 amide bonds. The van der Waals surface area contributed by atoms with E-state index in [-0.39, 0.29) is 6.04 Å². The maximum absolute atomic E-state index is 5.79. The van der Waals surface area contributed by atoms with Crippen molar-refractivity contribution >= 4 is 22.3 Å². The highest BCUT2D eigenvalue weighted by atomic mass is 32.1. The molecule has 1 fully saturated rings. The normalized spacial score (nSPS) is 18.2. The zero-order valence-corrected chi connectivity index (χ0v) is 18.6. The molecule has 1 unspecified atom stereocenters. The van der Waals surface area contributed by atoms with Gasteiger partial charge in [-0.15, -0.1) is 11.3 Å². The van der Waals surface area contributed by atoms with Crippen LogP contribution in [0.1, 0.15) is 35.0 Å². The fraction of sp³-hybridized carbons (Fsp3) is 0.391. The molecule has 1 N–H and O–H groups in total. The zero-order valence-electron chi connectivity index (χ0n) is 17.8. The number of likely N-dealkylation sites (tertiary alicyclic amines) is 1. The highest BCUT2D eigenvalue weighted by Crippen LogP contribution is 2.40. The molecule has 8 heteroatoms. The average Bonchev–Trinajstić information content (AvgIpc) is 3.42. The Labute approximate surface area is 186 Å². The standard InChI is InChI=1S/C23H26N4O3S/c1-15-13-24-23(31-15)26-22-7-3-5-17(25-22)18-6-4-8-27(18)14-16-11-20-21(12-19(16)28-2)30-10-9-29-20/h3,5,7,11-13,18H,4,6,8-10,14H2,1-2H3,(H,24,25,26). The van der Waals surface area contributed by atoms with Crippen molar-refractivity contribution in [1.82, 2.24) is 14.9 Å². The number of fused-ring (bicyclic) bond motifs is 1. The molecule has 0 radical (unpaired) electrons. The number of thiazole rings is 1. The molecule has 2 aliphatic rings. The first-order valence-electron chi connectivity index (χ1n) is 10.6. The average molecular weight is 439 g/mol. The molecule has 0 saturated carbocycles. The Hall–Kier alpha value is -2.84. The minimum absolute atomic E-state index is 0.262. The molecule has 4 heterocycles. The van der Waals surface area contributed by atoms with E-state index in [4.69, 9.17) is 19.2 Å². The second-order valence-corrected chi connectivity index (χ2v) is 9.02. The number of methoxy groups -OCH3 is 1. The van der Waals surface area contributed by atoms with Crippen molar-refractivity contribution in [2.24, 2.45) is 0 Å². The Morgan fingerprint density at radius 1 is 1.23 bits per heavy atom. The molecule has 1 atom stereocenters. The van der Waals surface area contributed by atoms with Crippen molar-refractivity contribution in [3.63, 3.8) is 0 Å². The molecule has 3 aromatic rings. The predicted molar refractivity (Wildman–Crippen MR) is 121 cm³/mol. The first-order valence-corrected chi connectivity index (χ1v) is 11.4. The quantitative estimate of drug-likeness (QED) is 0.598. The van der Waals surface area contributed by atoms with E-state index in [0.29, 0.717) is 13.2 Å². The van der Waals surface area contributed by atoms with Crippen LogP contribution < -0.4 is 19.5 Å². The van der Waals surface area contributed by atoms with E-state index in [1.54, 1.807) is 18.4 Å². The Balaban J connectivity index is 1.36. The number of aromatic nitrogens is 2. The van der Waals surface area contributed by atoms with Gasteiger partial charge in [0.15, 0.2) is 16.6 Å². The number of nitrogens with one attached hydrogen (secondary N) is 1. The van der Waals surface area contributed by atoms with Gasteiger partial charge < -0.3 is 19.5 Å². The number of ether oxygens (including phenoxy) is 3. The van der Waals surface area contributed by atoms with Crippen LogP contribution in [0.15, 0.2) is 36.5 Å². The van der Waals surface area contributed by atoms with Gasteiger partial charge in [-0.1, -0.05) is 6.07 Å². The predicted octanol–water partition coefficient (Wildman–Crippen LogP) is 4.71. The smallest absolute Gasteiger partial charge is 0.188 e. The number of pyridine rings is 1. The van der Waals surface area contributed by atoms with Crippen molar-refractivity contribution < 1.29 is 14.2 Å². The first kappa shape index (κ1) is 20.1. The van der Waals surface area contributed by atoms with E-state index >= 15 is 0 Å². The van der Waals surface area contributed by atoms with Crippen LogP contribution in [0, 0.1) is 6.92 Å². The maximum Gasteiger partial charge on any atom is 0.188 e. The Morgan fingerprint density at radius 3 is 2.84 bits per heavy atom. The van der Waals surface area contributed by atoms with Crippen molar-refractivity contribution in [1.29, 1.82) is 0 Å². The highest BCUT2D eigenvalue weighted by molar-refractivity contribution is 7.15. The second kappa shape index (κ2) is 8.72. The summed E-state index contributed by atoms with van der Waals surface area (Å²) in [5.41, 5.74) is 2.18. The van der Waals surface area contributed by atoms with Crippen LogP contribution in [0.25, 0.3) is 0 Å². The molecule has 0 bridgehead atoms. The molecule has 31 heavy (non-hydrogen) atoms. The lowest BCUT2D eigenvalue weighted by Gasteiger charge is -2.26. The number of benzene rings is 1. The van der Waals surface area contributed by atoms with Crippen molar-refractivity contribution in [3.05, 3.63) is 52.7 Å². The third kappa shape index (κ3) is 4.31. The largest absolute Gasteiger partial charge is 0.496 e. The van der Waals surface area contributed by atoms with Gasteiger partial charge in [-0.3, -0.25) is 4.90 Å². The van der Waals surface area contributed by atoms with Crippen LogP contribution in [0.2, 0.25) is 0 Å². The minimum Gasteiger partial charge on any atom is -0.496 e. The van der Waals surface area contributed by atoms with Crippen molar-refractivity contribution in [2.45, 2.75) is 32.4 Å². The van der Waals surface area contributed by atoms with E-state index in [0.717, 1.165) is 65.4 Å². The van der Waals surface area contributed by atoms with Gasteiger partial charge in [0.25, 0.3) is 0 Å². The molecule has 1 aromatic carbocycles. The van der Waals surface area contributed by atoms with Gasteiger partial charge >= 0.3 is 0 Å². The fourth-order valence-electron chi connectivity index (χ4n) is 4.22. The SMILES string of the molecule is COc1cc2c(cc1CN1CCCC1c1cccc(Nc3ncc(C)s3)n1)OCCO2. The molecule has 162 valence electrons. The third-order valence-electron chi connectivity index (χ3n) is 5.65. The van der Waals surface area contributed by atoms with Gasteiger partial charge in [0, 0.05) is 29.2 Å². The van der Waals surface area contributed by atoms with Crippen LogP contribution in [-0.4, -0.2) is 41.7 Å². The maximum atomic E-state index is 5.79. The molecule has 2 aromatic heterocycles. The number of nitrogens with zero attached hydrogens (tertiary/aromatic N) is 3. The molecule has 5 rings (SSSR count). The molecule has 0 spiro atoms. The summed E-state index contributed by atoms with van der Waals surface area (Å²) in [5, 5.41) is 4.20. The van der Waals surface area contributed by atoms with Gasteiger partial charge in [-0.2, -0.15) is 0 Å². The van der Waals surface area contributed by atoms with Gasteiger partial charge in [0.2, 0.25) is 0 Å². The summed E-state index contributed by atoms with van der Waals surface area (Å²) in [6.07, 6.45) is 4.10. The lowest BCUT2D eigenvalue weighted by atomic mass is 10.1. The van der Waals surface area contributed by atoms with Crippen LogP contribution in [-0.2, 0) is 6.54 Å². The number of aryl methyl sites for hydroxylation is 1. The fourth-order valence-corrected chi connectivity index (χ4v) is 4.90. The number of hydrogen-bond donors (Lipinski definition) is 1. The third-order valence-corrected chi connectivity index (χ3v) is 6.48. The van der Waals surface area contributed by atoms with Gasteiger partial charge in [-0.25, -0.2) is 9.97 Å². The van der Waals surface area contributed by atoms with E-state index in [9.17, 15) is 0 Å². The van der Waals surface area contributed by atoms with E-state index in [1.807, 2.05) is 18.3 Å². The summed E-state index contributed by atoms with van der Waals surface area (Å²) in [6.45, 7) is 4.99. The van der Waals surface area contributed by atoms with Gasteiger partial charge in [0.1, 0.15) is 24.8 Å². The van der Waals surface area contributed by atoms with E-state index in [2.05, 4.69) is 40.3 Å². The lowest BCUT2D eigenvalue weighted by molar-refractivity contribution is 0.169. The summed E-state index contributed by atoms with van der Waals surface area (Å²) >= 11 is 1.63. The molecular formula is C23H26N4O3S. The summed E-state index contributed by atoms with van der Waals surface area (Å²) in [7, 11) is 1.70. The highest BCUT2D eigenvalue weighted by Gasteiger charge is 2.29. The van der Waals surface area contributed by atoms with E-state index < -0.39 is 0 Å². The topological polar surface area (TPSA) is 68.7 Å². The lowest BCUT2D eigenvalue weighted by Crippen LogP contribution is -2.24. The Kier molecular flexibility index (Phi) is 5.65. The number of rotatable bonds is 6. The zero-order chi connectivity index (χ0) is 21.2. The summed E-state index contributed by atoms with van der Waals surface area (Å²) in [6, 6.07) is 10.4. The van der Waals surface area contributed by atoms with Crippen molar-refractivity contribution in [2.75, 3.05) is 32.2 Å². The van der Waals surface area contributed by atoms with Crippen LogP contribution in [0.5, 0.6) is 17.2 Å². The molecule has 1 saturated heterocycles. The first-order chi connectivity index (χ1) is 15.2. The minimum atomic E-state index is 0.262. The van der Waals surface area contributed by atoms with Crippen LogP contribution in [0.3, 0.4) is 0 Å². The second-order valence-electron chi connectivity index (χ2n) is 7.78. The summed E-state index contributed by atoms with van der Waals surface area (Å²) < 4.78 is 17.2.